The van der Waals surface area contributed by atoms with E-state index in [4.69, 9.17) is 11.0 Å². The summed E-state index contributed by atoms with van der Waals surface area (Å²) in [5.41, 5.74) is 11.1. The highest BCUT2D eigenvalue weighted by atomic mass is 15.1. The van der Waals surface area contributed by atoms with Crippen molar-refractivity contribution in [3.8, 4) is 6.07 Å². The second-order valence-electron chi connectivity index (χ2n) is 4.65. The highest BCUT2D eigenvalue weighted by Gasteiger charge is 2.14. The molecular formula is C15H17N3. The lowest BCUT2D eigenvalue weighted by molar-refractivity contribution is 0.783. The van der Waals surface area contributed by atoms with E-state index in [-0.39, 0.29) is 0 Å². The van der Waals surface area contributed by atoms with Crippen molar-refractivity contribution in [3.63, 3.8) is 0 Å². The van der Waals surface area contributed by atoms with Crippen molar-refractivity contribution in [2.45, 2.75) is 27.3 Å². The van der Waals surface area contributed by atoms with Gasteiger partial charge in [-0.15, -0.1) is 0 Å². The van der Waals surface area contributed by atoms with Gasteiger partial charge in [0.05, 0.1) is 5.56 Å². The number of nitriles is 1. The van der Waals surface area contributed by atoms with Gasteiger partial charge < -0.3 is 10.3 Å². The minimum absolute atomic E-state index is 0.563. The Morgan fingerprint density at radius 2 is 1.78 bits per heavy atom. The summed E-state index contributed by atoms with van der Waals surface area (Å²) in [7, 11) is 0. The van der Waals surface area contributed by atoms with Crippen molar-refractivity contribution in [1.29, 1.82) is 5.26 Å². The number of benzene rings is 1. The van der Waals surface area contributed by atoms with E-state index >= 15 is 0 Å². The lowest BCUT2D eigenvalue weighted by Crippen LogP contribution is -2.06. The first-order valence-corrected chi connectivity index (χ1v) is 5.95. The van der Waals surface area contributed by atoms with Crippen molar-refractivity contribution in [3.05, 3.63) is 52.2 Å². The minimum Gasteiger partial charge on any atom is -0.384 e. The van der Waals surface area contributed by atoms with E-state index in [2.05, 4.69) is 37.3 Å². The Morgan fingerprint density at radius 1 is 1.17 bits per heavy atom. The van der Waals surface area contributed by atoms with Gasteiger partial charge in [0.1, 0.15) is 11.9 Å². The van der Waals surface area contributed by atoms with E-state index in [1.165, 1.54) is 11.1 Å². The quantitative estimate of drug-likeness (QED) is 0.876. The standard InChI is InChI=1S/C15H17N3/c1-10-4-6-13(7-5-10)9-18-12(3)11(2)14(8-16)15(18)17/h4-7H,9,17H2,1-3H3. The van der Waals surface area contributed by atoms with Crippen molar-refractivity contribution in [2.75, 3.05) is 5.73 Å². The average molecular weight is 239 g/mol. The zero-order chi connectivity index (χ0) is 13.3. The van der Waals surface area contributed by atoms with E-state index in [0.29, 0.717) is 17.9 Å². The van der Waals surface area contributed by atoms with Gasteiger partial charge in [-0.1, -0.05) is 29.8 Å². The number of hydrogen-bond acceptors (Lipinski definition) is 2. The maximum atomic E-state index is 9.10. The molecule has 3 nitrogen and oxygen atoms in total. The third-order valence-corrected chi connectivity index (χ3v) is 3.44. The molecule has 0 fully saturated rings. The lowest BCUT2D eigenvalue weighted by atomic mass is 10.1. The normalized spacial score (nSPS) is 10.3. The molecule has 2 aromatic rings. The van der Waals surface area contributed by atoms with Crippen LogP contribution in [0.5, 0.6) is 0 Å². The molecule has 18 heavy (non-hydrogen) atoms. The van der Waals surface area contributed by atoms with Crippen LogP contribution in [0.1, 0.15) is 27.9 Å². The molecule has 2 N–H and O–H groups in total. The molecule has 0 unspecified atom stereocenters. The molecule has 0 atom stereocenters. The number of aromatic nitrogens is 1. The Bertz CT molecular complexity index is 613. The number of anilines is 1. The molecule has 0 saturated carbocycles. The third-order valence-electron chi connectivity index (χ3n) is 3.44. The zero-order valence-corrected chi connectivity index (χ0v) is 11.0. The molecule has 3 heteroatoms. The zero-order valence-electron chi connectivity index (χ0n) is 11.0. The molecule has 0 aliphatic rings. The van der Waals surface area contributed by atoms with Crippen molar-refractivity contribution in [1.82, 2.24) is 4.57 Å². The van der Waals surface area contributed by atoms with Gasteiger partial charge in [-0.3, -0.25) is 0 Å². The van der Waals surface area contributed by atoms with Crippen LogP contribution in [0.2, 0.25) is 0 Å². The van der Waals surface area contributed by atoms with Crippen molar-refractivity contribution < 1.29 is 0 Å². The largest absolute Gasteiger partial charge is 0.384 e. The second kappa shape index (κ2) is 4.58. The molecule has 0 amide bonds. The SMILES string of the molecule is Cc1ccc(Cn2c(C)c(C)c(C#N)c2N)cc1. The Hall–Kier alpha value is -2.21. The fourth-order valence-electron chi connectivity index (χ4n) is 2.11. The number of nitrogens with two attached hydrogens (primary N) is 1. The summed E-state index contributed by atoms with van der Waals surface area (Å²) in [6.45, 7) is 6.72. The average Bonchev–Trinajstić information content (AvgIpc) is 2.56. The van der Waals surface area contributed by atoms with Crippen molar-refractivity contribution in [2.24, 2.45) is 0 Å². The number of nitrogens with zero attached hydrogens (tertiary/aromatic N) is 2. The molecule has 0 spiro atoms. The smallest absolute Gasteiger partial charge is 0.122 e. The summed E-state index contributed by atoms with van der Waals surface area (Å²) >= 11 is 0. The van der Waals surface area contributed by atoms with Crippen molar-refractivity contribution >= 4 is 5.82 Å². The van der Waals surface area contributed by atoms with E-state index in [0.717, 1.165) is 11.3 Å². The number of rotatable bonds is 2. The predicted molar refractivity (Wildman–Crippen MR) is 73.3 cm³/mol. The maximum absolute atomic E-state index is 9.10. The van der Waals surface area contributed by atoms with Gasteiger partial charge >= 0.3 is 0 Å². The molecule has 1 aromatic heterocycles. The first-order valence-electron chi connectivity index (χ1n) is 5.95. The summed E-state index contributed by atoms with van der Waals surface area (Å²) < 4.78 is 2.00. The van der Waals surface area contributed by atoms with Crippen LogP contribution in [-0.4, -0.2) is 4.57 Å². The predicted octanol–water partition coefficient (Wildman–Crippen LogP) is 2.92. The summed E-state index contributed by atoms with van der Waals surface area (Å²) in [5, 5.41) is 9.10. The molecule has 0 aliphatic heterocycles. The molecular weight excluding hydrogens is 222 g/mol. The van der Waals surface area contributed by atoms with Gasteiger partial charge in [0.2, 0.25) is 0 Å². The summed E-state index contributed by atoms with van der Waals surface area (Å²) in [6, 6.07) is 10.5. The van der Waals surface area contributed by atoms with E-state index < -0.39 is 0 Å². The topological polar surface area (TPSA) is 54.7 Å². The van der Waals surface area contributed by atoms with Crippen LogP contribution in [-0.2, 0) is 6.54 Å². The van der Waals surface area contributed by atoms with E-state index in [1.807, 2.05) is 18.4 Å². The Labute approximate surface area is 107 Å². The second-order valence-corrected chi connectivity index (χ2v) is 4.65. The Kier molecular flexibility index (Phi) is 3.12. The minimum atomic E-state index is 0.563. The van der Waals surface area contributed by atoms with Gasteiger partial charge in [-0.25, -0.2) is 0 Å². The molecule has 2 rings (SSSR count). The Balaban J connectivity index is 2.41. The van der Waals surface area contributed by atoms with Crippen LogP contribution in [0.15, 0.2) is 24.3 Å². The summed E-state index contributed by atoms with van der Waals surface area (Å²) in [4.78, 5) is 0. The fourth-order valence-corrected chi connectivity index (χ4v) is 2.11. The van der Waals surface area contributed by atoms with Crippen LogP contribution >= 0.6 is 0 Å². The monoisotopic (exact) mass is 239 g/mol. The molecule has 0 bridgehead atoms. The maximum Gasteiger partial charge on any atom is 0.122 e. The lowest BCUT2D eigenvalue weighted by Gasteiger charge is -2.09. The number of hydrogen-bond donors (Lipinski definition) is 1. The molecule has 0 radical (unpaired) electrons. The molecule has 1 aromatic carbocycles. The molecule has 0 aliphatic carbocycles. The molecule has 0 saturated heterocycles. The van der Waals surface area contributed by atoms with Gasteiger partial charge in [0.25, 0.3) is 0 Å². The summed E-state index contributed by atoms with van der Waals surface area (Å²) in [5.74, 6) is 0.563. The van der Waals surface area contributed by atoms with Crippen LogP contribution < -0.4 is 5.73 Å². The Morgan fingerprint density at radius 3 is 2.28 bits per heavy atom. The van der Waals surface area contributed by atoms with E-state index in [1.54, 1.807) is 0 Å². The first-order chi connectivity index (χ1) is 8.54. The highest BCUT2D eigenvalue weighted by molar-refractivity contribution is 5.58. The first kappa shape index (κ1) is 12.3. The number of aryl methyl sites for hydroxylation is 1. The van der Waals surface area contributed by atoms with Gasteiger partial charge in [0.15, 0.2) is 0 Å². The molecule has 92 valence electrons. The van der Waals surface area contributed by atoms with Crippen LogP contribution in [0, 0.1) is 32.1 Å². The summed E-state index contributed by atoms with van der Waals surface area (Å²) in [6.07, 6.45) is 0. The number of nitrogen functional groups attached to an aromatic ring is 1. The van der Waals surface area contributed by atoms with Crippen LogP contribution in [0.4, 0.5) is 5.82 Å². The van der Waals surface area contributed by atoms with E-state index in [9.17, 15) is 0 Å². The molecule has 1 heterocycles. The highest BCUT2D eigenvalue weighted by Crippen LogP contribution is 2.24. The fraction of sp³-hybridized carbons (Fsp3) is 0.267. The van der Waals surface area contributed by atoms with Gasteiger partial charge in [-0.2, -0.15) is 5.26 Å². The van der Waals surface area contributed by atoms with Crippen LogP contribution in [0.25, 0.3) is 0 Å². The van der Waals surface area contributed by atoms with Gasteiger partial charge in [-0.05, 0) is 31.9 Å². The third kappa shape index (κ3) is 1.98. The van der Waals surface area contributed by atoms with Crippen LogP contribution in [0.3, 0.4) is 0 Å². The van der Waals surface area contributed by atoms with Gasteiger partial charge in [0, 0.05) is 12.2 Å².